The van der Waals surface area contributed by atoms with Crippen LogP contribution in [0.5, 0.6) is 11.5 Å². The molecular formula is C20H23N3O5. The molecule has 0 spiro atoms. The number of nitro benzene ring substituents is 1. The first kappa shape index (κ1) is 19.5. The standard InChI is InChI=1S/C20H23N3O5/c1-4-27-19-9-14-8-12(2)28-18(14)11-17(19)21-13(3)20(24)22-15-6-5-7-16(10-15)23(25)26/h5-7,9-13,21H,4,8H2,1-3H3,(H,22,24). The number of amides is 1. The molecule has 0 radical (unpaired) electrons. The van der Waals surface area contributed by atoms with E-state index >= 15 is 0 Å². The summed E-state index contributed by atoms with van der Waals surface area (Å²) in [4.78, 5) is 22.9. The Kier molecular flexibility index (Phi) is 5.67. The van der Waals surface area contributed by atoms with E-state index < -0.39 is 11.0 Å². The molecule has 8 nitrogen and oxygen atoms in total. The van der Waals surface area contributed by atoms with E-state index in [4.69, 9.17) is 9.47 Å². The van der Waals surface area contributed by atoms with Gasteiger partial charge in [-0.3, -0.25) is 14.9 Å². The van der Waals surface area contributed by atoms with Crippen molar-refractivity contribution in [3.8, 4) is 11.5 Å². The van der Waals surface area contributed by atoms with Crippen molar-refractivity contribution in [1.29, 1.82) is 0 Å². The first-order chi connectivity index (χ1) is 13.4. The molecular weight excluding hydrogens is 362 g/mol. The van der Waals surface area contributed by atoms with Gasteiger partial charge in [0.15, 0.2) is 0 Å². The third-order valence-corrected chi connectivity index (χ3v) is 4.39. The van der Waals surface area contributed by atoms with Gasteiger partial charge in [0.1, 0.15) is 23.6 Å². The molecule has 148 valence electrons. The molecule has 0 aliphatic carbocycles. The molecule has 3 rings (SSSR count). The Labute approximate surface area is 163 Å². The first-order valence-corrected chi connectivity index (χ1v) is 9.15. The Hall–Kier alpha value is -3.29. The molecule has 2 aromatic carbocycles. The van der Waals surface area contributed by atoms with Crippen molar-refractivity contribution in [2.75, 3.05) is 17.2 Å². The molecule has 0 aromatic heterocycles. The molecule has 0 saturated heterocycles. The minimum atomic E-state index is -0.602. The van der Waals surface area contributed by atoms with Crippen LogP contribution in [0.1, 0.15) is 26.3 Å². The number of benzene rings is 2. The Morgan fingerprint density at radius 1 is 1.39 bits per heavy atom. The number of hydrogen-bond donors (Lipinski definition) is 2. The molecule has 0 bridgehead atoms. The fourth-order valence-electron chi connectivity index (χ4n) is 3.07. The molecule has 1 aliphatic heterocycles. The van der Waals surface area contributed by atoms with Crippen molar-refractivity contribution in [1.82, 2.24) is 0 Å². The van der Waals surface area contributed by atoms with Gasteiger partial charge in [-0.2, -0.15) is 0 Å². The number of carbonyl (C=O) groups excluding carboxylic acids is 1. The molecule has 2 N–H and O–H groups in total. The van der Waals surface area contributed by atoms with E-state index in [9.17, 15) is 14.9 Å². The van der Waals surface area contributed by atoms with E-state index in [0.29, 0.717) is 23.7 Å². The van der Waals surface area contributed by atoms with Gasteiger partial charge >= 0.3 is 0 Å². The van der Waals surface area contributed by atoms with E-state index in [1.165, 1.54) is 18.2 Å². The zero-order chi connectivity index (χ0) is 20.3. The lowest BCUT2D eigenvalue weighted by molar-refractivity contribution is -0.384. The van der Waals surface area contributed by atoms with Gasteiger partial charge in [0.2, 0.25) is 5.91 Å². The maximum atomic E-state index is 12.5. The summed E-state index contributed by atoms with van der Waals surface area (Å²) in [6.45, 7) is 6.11. The van der Waals surface area contributed by atoms with Gasteiger partial charge in [-0.05, 0) is 32.9 Å². The third-order valence-electron chi connectivity index (χ3n) is 4.39. The second-order valence-corrected chi connectivity index (χ2v) is 6.68. The van der Waals surface area contributed by atoms with E-state index in [1.54, 1.807) is 13.0 Å². The van der Waals surface area contributed by atoms with Crippen molar-refractivity contribution < 1.29 is 19.2 Å². The lowest BCUT2D eigenvalue weighted by Crippen LogP contribution is -2.32. The summed E-state index contributed by atoms with van der Waals surface area (Å²) in [5, 5.41) is 16.7. The van der Waals surface area contributed by atoms with Gasteiger partial charge in [0.05, 0.1) is 17.2 Å². The lowest BCUT2D eigenvalue weighted by atomic mass is 10.1. The third kappa shape index (κ3) is 4.33. The van der Waals surface area contributed by atoms with Crippen LogP contribution in [-0.4, -0.2) is 29.6 Å². The zero-order valence-corrected chi connectivity index (χ0v) is 16.0. The second-order valence-electron chi connectivity index (χ2n) is 6.68. The van der Waals surface area contributed by atoms with Gasteiger partial charge in [-0.15, -0.1) is 0 Å². The van der Waals surface area contributed by atoms with Gasteiger partial charge in [-0.25, -0.2) is 0 Å². The Morgan fingerprint density at radius 2 is 2.18 bits per heavy atom. The quantitative estimate of drug-likeness (QED) is 0.556. The van der Waals surface area contributed by atoms with Crippen LogP contribution < -0.4 is 20.1 Å². The number of ether oxygens (including phenoxy) is 2. The minimum absolute atomic E-state index is 0.0815. The summed E-state index contributed by atoms with van der Waals surface area (Å²) in [6, 6.07) is 9.01. The van der Waals surface area contributed by atoms with Crippen molar-refractivity contribution in [2.45, 2.75) is 39.3 Å². The molecule has 1 heterocycles. The summed E-state index contributed by atoms with van der Waals surface area (Å²) in [6.07, 6.45) is 0.924. The number of anilines is 2. The number of carbonyl (C=O) groups is 1. The fraction of sp³-hybridized carbons (Fsp3) is 0.350. The fourth-order valence-corrected chi connectivity index (χ4v) is 3.07. The topological polar surface area (TPSA) is 103 Å². The van der Waals surface area contributed by atoms with Crippen LogP contribution in [0.15, 0.2) is 36.4 Å². The smallest absolute Gasteiger partial charge is 0.271 e. The summed E-state index contributed by atoms with van der Waals surface area (Å²) < 4.78 is 11.5. The predicted octanol–water partition coefficient (Wildman–Crippen LogP) is 3.76. The molecule has 8 heteroatoms. The van der Waals surface area contributed by atoms with Gasteiger partial charge in [-0.1, -0.05) is 6.07 Å². The van der Waals surface area contributed by atoms with Crippen molar-refractivity contribution in [3.05, 3.63) is 52.1 Å². The number of hydrogen-bond acceptors (Lipinski definition) is 6. The van der Waals surface area contributed by atoms with Crippen LogP contribution >= 0.6 is 0 Å². The Morgan fingerprint density at radius 3 is 2.89 bits per heavy atom. The number of fused-ring (bicyclic) bond motifs is 1. The number of rotatable bonds is 7. The molecule has 0 saturated carbocycles. The molecule has 1 aliphatic rings. The number of nitrogens with one attached hydrogen (secondary N) is 2. The normalized spacial score (nSPS) is 15.9. The molecule has 2 aromatic rings. The van der Waals surface area contributed by atoms with Crippen LogP contribution in [0.4, 0.5) is 17.1 Å². The summed E-state index contributed by atoms with van der Waals surface area (Å²) in [7, 11) is 0. The molecule has 2 unspecified atom stereocenters. The van der Waals surface area contributed by atoms with E-state index in [0.717, 1.165) is 17.7 Å². The van der Waals surface area contributed by atoms with Crippen LogP contribution in [0.2, 0.25) is 0 Å². The van der Waals surface area contributed by atoms with Gasteiger partial charge in [0, 0.05) is 35.9 Å². The maximum absolute atomic E-state index is 12.5. The van der Waals surface area contributed by atoms with Crippen molar-refractivity contribution >= 4 is 23.0 Å². The summed E-state index contributed by atoms with van der Waals surface area (Å²) in [5.41, 5.74) is 2.03. The number of non-ortho nitro benzene ring substituents is 1. The van der Waals surface area contributed by atoms with Crippen LogP contribution in [0, 0.1) is 10.1 Å². The summed E-state index contributed by atoms with van der Waals surface area (Å²) >= 11 is 0. The summed E-state index contributed by atoms with van der Waals surface area (Å²) in [5.74, 6) is 1.12. The van der Waals surface area contributed by atoms with E-state index in [-0.39, 0.29) is 17.7 Å². The van der Waals surface area contributed by atoms with Gasteiger partial charge < -0.3 is 20.1 Å². The monoisotopic (exact) mass is 385 g/mol. The second kappa shape index (κ2) is 8.16. The van der Waals surface area contributed by atoms with Crippen molar-refractivity contribution in [3.63, 3.8) is 0 Å². The lowest BCUT2D eigenvalue weighted by Gasteiger charge is -2.19. The highest BCUT2D eigenvalue weighted by atomic mass is 16.6. The average Bonchev–Trinajstić information content (AvgIpc) is 3.01. The molecule has 1 amide bonds. The molecule has 2 atom stereocenters. The van der Waals surface area contributed by atoms with Crippen LogP contribution in [0.3, 0.4) is 0 Å². The van der Waals surface area contributed by atoms with Crippen LogP contribution in [0.25, 0.3) is 0 Å². The highest BCUT2D eigenvalue weighted by molar-refractivity contribution is 5.96. The average molecular weight is 385 g/mol. The predicted molar refractivity (Wildman–Crippen MR) is 106 cm³/mol. The number of nitro groups is 1. The highest BCUT2D eigenvalue weighted by Crippen LogP contribution is 2.38. The Bertz CT molecular complexity index is 899. The highest BCUT2D eigenvalue weighted by Gasteiger charge is 2.23. The van der Waals surface area contributed by atoms with E-state index in [2.05, 4.69) is 10.6 Å². The van der Waals surface area contributed by atoms with E-state index in [1.807, 2.05) is 26.0 Å². The zero-order valence-electron chi connectivity index (χ0n) is 16.0. The van der Waals surface area contributed by atoms with Gasteiger partial charge in [0.25, 0.3) is 5.69 Å². The SMILES string of the molecule is CCOc1cc2c(cc1NC(C)C(=O)Nc1cccc([N+](=O)[O-])c1)OC(C)C2. The minimum Gasteiger partial charge on any atom is -0.492 e. The largest absolute Gasteiger partial charge is 0.492 e. The Balaban J connectivity index is 1.74. The van der Waals surface area contributed by atoms with Crippen LogP contribution in [-0.2, 0) is 11.2 Å². The number of nitrogens with zero attached hydrogens (tertiary/aromatic N) is 1. The maximum Gasteiger partial charge on any atom is 0.271 e. The molecule has 0 fully saturated rings. The molecule has 28 heavy (non-hydrogen) atoms. The van der Waals surface area contributed by atoms with Crippen molar-refractivity contribution in [2.24, 2.45) is 0 Å². The first-order valence-electron chi connectivity index (χ1n) is 9.15.